The number of Topliss-reactive ketones (excluding diaryl/α,β-unsaturated/α-hetero) is 1. The van der Waals surface area contributed by atoms with Crippen LogP contribution in [0.2, 0.25) is 0 Å². The molecule has 0 amide bonds. The maximum atomic E-state index is 13.5. The monoisotopic (exact) mass is 331 g/mol. The normalized spacial score (nSPS) is 15.6. The van der Waals surface area contributed by atoms with Gasteiger partial charge in [0.05, 0.1) is 6.61 Å². The van der Waals surface area contributed by atoms with Crippen LogP contribution in [0, 0.1) is 5.41 Å². The van der Waals surface area contributed by atoms with Gasteiger partial charge in [-0.15, -0.1) is 0 Å². The van der Waals surface area contributed by atoms with Crippen LogP contribution >= 0.6 is 0 Å². The van der Waals surface area contributed by atoms with E-state index < -0.39 is 29.4 Å². The molecule has 0 aliphatic heterocycles. The second-order valence-electron chi connectivity index (χ2n) is 5.32. The Kier molecular flexibility index (Phi) is 6.32. The minimum atomic E-state index is -4.79. The topological polar surface area (TPSA) is 55.4 Å². The predicted molar refractivity (Wildman–Crippen MR) is 78.5 cm³/mol. The maximum absolute atomic E-state index is 13.5. The minimum Gasteiger partial charge on any atom is -0.465 e. The lowest BCUT2D eigenvalue weighted by molar-refractivity contribution is -0.198. The van der Waals surface area contributed by atoms with Gasteiger partial charge < -0.3 is 10.1 Å². The van der Waals surface area contributed by atoms with Gasteiger partial charge in [-0.1, -0.05) is 30.3 Å². The molecule has 0 aliphatic rings. The zero-order chi connectivity index (χ0) is 17.7. The van der Waals surface area contributed by atoms with Crippen LogP contribution in [0.15, 0.2) is 30.3 Å². The van der Waals surface area contributed by atoms with Crippen LogP contribution in [0.1, 0.15) is 26.3 Å². The Morgan fingerprint density at radius 3 is 2.22 bits per heavy atom. The molecule has 0 saturated carbocycles. The van der Waals surface area contributed by atoms with Gasteiger partial charge in [-0.3, -0.25) is 9.59 Å². The zero-order valence-electron chi connectivity index (χ0n) is 13.2. The van der Waals surface area contributed by atoms with E-state index in [1.807, 2.05) is 0 Å². The molecule has 2 atom stereocenters. The summed E-state index contributed by atoms with van der Waals surface area (Å²) in [6.07, 6.45) is -4.79. The van der Waals surface area contributed by atoms with Gasteiger partial charge in [0.1, 0.15) is 17.2 Å². The average Bonchev–Trinajstić information content (AvgIpc) is 2.46. The number of carbonyl (C=O) groups is 2. The first-order chi connectivity index (χ1) is 10.6. The number of benzene rings is 1. The van der Waals surface area contributed by atoms with Crippen molar-refractivity contribution in [2.45, 2.75) is 39.5 Å². The average molecular weight is 331 g/mol. The summed E-state index contributed by atoms with van der Waals surface area (Å²) < 4.78 is 45.1. The van der Waals surface area contributed by atoms with Crippen LogP contribution in [0.3, 0.4) is 0 Å². The van der Waals surface area contributed by atoms with Gasteiger partial charge in [-0.25, -0.2) is 0 Å². The highest BCUT2D eigenvalue weighted by Crippen LogP contribution is 2.36. The number of ketones is 1. The van der Waals surface area contributed by atoms with E-state index in [0.29, 0.717) is 5.56 Å². The molecular formula is C16H20F3NO3. The number of hydrogen-bond acceptors (Lipinski definition) is 4. The van der Waals surface area contributed by atoms with E-state index in [9.17, 15) is 22.8 Å². The van der Waals surface area contributed by atoms with Gasteiger partial charge in [0.15, 0.2) is 0 Å². The summed E-state index contributed by atoms with van der Waals surface area (Å²) in [5, 5.41) is 2.29. The van der Waals surface area contributed by atoms with Crippen LogP contribution in [-0.2, 0) is 20.9 Å². The largest absolute Gasteiger partial charge is 0.465 e. The molecule has 128 valence electrons. The highest BCUT2D eigenvalue weighted by Gasteiger charge is 2.58. The van der Waals surface area contributed by atoms with Crippen LogP contribution in [0.4, 0.5) is 13.2 Å². The van der Waals surface area contributed by atoms with Crippen molar-refractivity contribution < 1.29 is 27.5 Å². The van der Waals surface area contributed by atoms with Gasteiger partial charge in [0.2, 0.25) is 0 Å². The quantitative estimate of drug-likeness (QED) is 0.617. The Morgan fingerprint density at radius 1 is 1.22 bits per heavy atom. The molecule has 1 N–H and O–H groups in total. The van der Waals surface area contributed by atoms with Crippen molar-refractivity contribution in [1.29, 1.82) is 0 Å². The molecule has 0 radical (unpaired) electrons. The molecule has 0 spiro atoms. The lowest BCUT2D eigenvalue weighted by atomic mass is 9.78. The molecule has 0 bridgehead atoms. The third kappa shape index (κ3) is 4.54. The zero-order valence-corrected chi connectivity index (χ0v) is 13.2. The highest BCUT2D eigenvalue weighted by atomic mass is 19.4. The third-order valence-corrected chi connectivity index (χ3v) is 3.69. The summed E-state index contributed by atoms with van der Waals surface area (Å²) in [6.45, 7) is 3.15. The van der Waals surface area contributed by atoms with Crippen molar-refractivity contribution in [3.63, 3.8) is 0 Å². The van der Waals surface area contributed by atoms with Crippen molar-refractivity contribution in [2.75, 3.05) is 6.61 Å². The molecule has 1 aromatic rings. The Labute approximate surface area is 133 Å². The van der Waals surface area contributed by atoms with E-state index in [4.69, 9.17) is 4.74 Å². The van der Waals surface area contributed by atoms with Crippen molar-refractivity contribution >= 4 is 11.8 Å². The molecule has 2 unspecified atom stereocenters. The fourth-order valence-electron chi connectivity index (χ4n) is 2.21. The highest BCUT2D eigenvalue weighted by molar-refractivity contribution is 6.03. The number of alkyl halides is 3. The summed E-state index contributed by atoms with van der Waals surface area (Å²) in [4.78, 5) is 23.9. The first-order valence-electron chi connectivity index (χ1n) is 7.16. The Morgan fingerprint density at radius 2 is 1.78 bits per heavy atom. The third-order valence-electron chi connectivity index (χ3n) is 3.69. The summed E-state index contributed by atoms with van der Waals surface area (Å²) in [5.74, 6) is -2.09. The number of nitrogens with one attached hydrogen (secondary N) is 1. The minimum absolute atomic E-state index is 0.106. The van der Waals surface area contributed by atoms with Gasteiger partial charge in [-0.2, -0.15) is 13.2 Å². The number of ether oxygens (including phenoxy) is 1. The van der Waals surface area contributed by atoms with E-state index >= 15 is 0 Å². The standard InChI is InChI=1S/C16H20F3NO3/c1-4-23-14(22)15(3,11(2)21)13(16(17,18)19)20-10-12-8-6-5-7-9-12/h5-9,13,20H,4,10H2,1-3H3. The van der Waals surface area contributed by atoms with Crippen molar-refractivity contribution in [1.82, 2.24) is 5.32 Å². The van der Waals surface area contributed by atoms with E-state index in [1.54, 1.807) is 30.3 Å². The van der Waals surface area contributed by atoms with Crippen LogP contribution in [0.5, 0.6) is 0 Å². The number of hydrogen-bond donors (Lipinski definition) is 1. The lowest BCUT2D eigenvalue weighted by Gasteiger charge is -2.35. The van der Waals surface area contributed by atoms with Crippen LogP contribution in [0.25, 0.3) is 0 Å². The number of rotatable bonds is 7. The van der Waals surface area contributed by atoms with Gasteiger partial charge in [-0.05, 0) is 26.3 Å². The summed E-state index contributed by atoms with van der Waals surface area (Å²) in [5.41, 5.74) is -1.74. The van der Waals surface area contributed by atoms with Crippen LogP contribution < -0.4 is 5.32 Å². The first-order valence-corrected chi connectivity index (χ1v) is 7.16. The predicted octanol–water partition coefficient (Wildman–Crippen LogP) is 2.87. The van der Waals surface area contributed by atoms with Gasteiger partial charge >= 0.3 is 12.1 Å². The lowest BCUT2D eigenvalue weighted by Crippen LogP contribution is -2.59. The molecule has 4 nitrogen and oxygen atoms in total. The smallest absolute Gasteiger partial charge is 0.405 e. The Hall–Kier alpha value is -1.89. The molecule has 23 heavy (non-hydrogen) atoms. The second-order valence-corrected chi connectivity index (χ2v) is 5.32. The maximum Gasteiger partial charge on any atom is 0.405 e. The summed E-state index contributed by atoms with van der Waals surface area (Å²) in [7, 11) is 0. The van der Waals surface area contributed by atoms with Crippen molar-refractivity contribution in [3.8, 4) is 0 Å². The fraction of sp³-hybridized carbons (Fsp3) is 0.500. The van der Waals surface area contributed by atoms with Gasteiger partial charge in [0.25, 0.3) is 0 Å². The fourth-order valence-corrected chi connectivity index (χ4v) is 2.21. The van der Waals surface area contributed by atoms with Crippen molar-refractivity contribution in [2.24, 2.45) is 5.41 Å². The Balaban J connectivity index is 3.12. The molecule has 1 rings (SSSR count). The number of carbonyl (C=O) groups excluding carboxylic acids is 2. The van der Waals surface area contributed by atoms with E-state index in [1.165, 1.54) is 6.92 Å². The molecule has 0 aromatic heterocycles. The molecule has 0 heterocycles. The molecule has 0 fully saturated rings. The SMILES string of the molecule is CCOC(=O)C(C)(C(C)=O)C(NCc1ccccc1)C(F)(F)F. The Bertz CT molecular complexity index is 545. The number of esters is 1. The second kappa shape index (κ2) is 7.59. The van der Waals surface area contributed by atoms with E-state index in [2.05, 4.69) is 5.32 Å². The van der Waals surface area contributed by atoms with E-state index in [0.717, 1.165) is 13.8 Å². The molecule has 0 aliphatic carbocycles. The first kappa shape index (κ1) is 19.2. The molecular weight excluding hydrogens is 311 g/mol. The van der Waals surface area contributed by atoms with Gasteiger partial charge in [0, 0.05) is 6.54 Å². The number of halogens is 3. The summed E-state index contributed by atoms with van der Waals surface area (Å²) >= 11 is 0. The van der Waals surface area contributed by atoms with Crippen molar-refractivity contribution in [3.05, 3.63) is 35.9 Å². The van der Waals surface area contributed by atoms with E-state index in [-0.39, 0.29) is 13.2 Å². The summed E-state index contributed by atoms with van der Waals surface area (Å²) in [6, 6.07) is 6.07. The molecule has 7 heteroatoms. The molecule has 0 saturated heterocycles. The van der Waals surface area contributed by atoms with Crippen LogP contribution in [-0.4, -0.2) is 30.6 Å². The molecule has 1 aromatic carbocycles.